The summed E-state index contributed by atoms with van der Waals surface area (Å²) in [4.78, 5) is 5.66. The van der Waals surface area contributed by atoms with E-state index in [9.17, 15) is 5.11 Å². The van der Waals surface area contributed by atoms with Crippen LogP contribution in [-0.2, 0) is 4.84 Å². The van der Waals surface area contributed by atoms with Gasteiger partial charge in [0.05, 0.1) is 18.2 Å². The largest absolute Gasteiger partial charge is 0.391 e. The van der Waals surface area contributed by atoms with Crippen molar-refractivity contribution in [2.45, 2.75) is 76.0 Å². The highest BCUT2D eigenvalue weighted by Crippen LogP contribution is 2.22. The Hall–Kier alpha value is -0.120. The second kappa shape index (κ2) is 5.83. The molecule has 2 unspecified atom stereocenters. The first-order valence-electron chi connectivity index (χ1n) is 6.45. The second-order valence-electron chi connectivity index (χ2n) is 4.95. The molecule has 3 heteroatoms. The van der Waals surface area contributed by atoms with Crippen LogP contribution in [0.5, 0.6) is 0 Å². The van der Waals surface area contributed by atoms with Crippen molar-refractivity contribution in [2.24, 2.45) is 0 Å². The summed E-state index contributed by atoms with van der Waals surface area (Å²) in [6.07, 6.45) is 10.7. The number of aliphatic hydroxyl groups is 1. The minimum absolute atomic E-state index is 0.160. The summed E-state index contributed by atoms with van der Waals surface area (Å²) in [5.74, 6) is 0. The lowest BCUT2D eigenvalue weighted by atomic mass is 10.1. The monoisotopic (exact) mass is 213 g/mol. The van der Waals surface area contributed by atoms with E-state index < -0.39 is 0 Å². The van der Waals surface area contributed by atoms with Crippen LogP contribution in [0, 0.1) is 0 Å². The molecule has 0 spiro atoms. The van der Waals surface area contributed by atoms with E-state index in [0.29, 0.717) is 6.10 Å². The fourth-order valence-corrected chi connectivity index (χ4v) is 2.62. The normalized spacial score (nSPS) is 34.2. The number of hydrogen-bond donors (Lipinski definition) is 2. The SMILES string of the molecule is OC1CCCCCC1NOC1CCCC1. The van der Waals surface area contributed by atoms with Gasteiger partial charge in [-0.05, 0) is 25.7 Å². The summed E-state index contributed by atoms with van der Waals surface area (Å²) < 4.78 is 0. The van der Waals surface area contributed by atoms with Crippen LogP contribution in [-0.4, -0.2) is 23.4 Å². The number of nitrogens with one attached hydrogen (secondary N) is 1. The summed E-state index contributed by atoms with van der Waals surface area (Å²) in [5.41, 5.74) is 3.10. The Kier molecular flexibility index (Phi) is 4.42. The maximum Gasteiger partial charge on any atom is 0.0790 e. The van der Waals surface area contributed by atoms with Crippen LogP contribution >= 0.6 is 0 Å². The summed E-state index contributed by atoms with van der Waals surface area (Å²) in [6, 6.07) is 0.160. The quantitative estimate of drug-likeness (QED) is 0.557. The van der Waals surface area contributed by atoms with Gasteiger partial charge in [0.1, 0.15) is 0 Å². The van der Waals surface area contributed by atoms with Gasteiger partial charge < -0.3 is 5.11 Å². The first-order chi connectivity index (χ1) is 7.36. The standard InChI is InChI=1S/C12H23NO2/c14-12-9-3-1-2-8-11(12)13-15-10-6-4-5-7-10/h10-14H,1-9H2. The topological polar surface area (TPSA) is 41.5 Å². The van der Waals surface area contributed by atoms with Crippen molar-refractivity contribution >= 4 is 0 Å². The van der Waals surface area contributed by atoms with Crippen molar-refractivity contribution in [1.29, 1.82) is 0 Å². The summed E-state index contributed by atoms with van der Waals surface area (Å²) in [6.45, 7) is 0. The van der Waals surface area contributed by atoms with Crippen molar-refractivity contribution in [2.75, 3.05) is 0 Å². The van der Waals surface area contributed by atoms with Gasteiger partial charge in [-0.3, -0.25) is 4.84 Å². The van der Waals surface area contributed by atoms with Gasteiger partial charge in [-0.2, -0.15) is 5.48 Å². The van der Waals surface area contributed by atoms with E-state index in [2.05, 4.69) is 5.48 Å². The highest BCUT2D eigenvalue weighted by atomic mass is 16.7. The number of hydrogen-bond acceptors (Lipinski definition) is 3. The van der Waals surface area contributed by atoms with Gasteiger partial charge in [-0.1, -0.05) is 32.1 Å². The molecule has 0 radical (unpaired) electrons. The molecule has 2 saturated carbocycles. The third kappa shape index (κ3) is 3.44. The molecule has 2 N–H and O–H groups in total. The van der Waals surface area contributed by atoms with E-state index in [-0.39, 0.29) is 12.1 Å². The lowest BCUT2D eigenvalue weighted by Gasteiger charge is -2.23. The zero-order valence-corrected chi connectivity index (χ0v) is 9.45. The van der Waals surface area contributed by atoms with E-state index in [1.807, 2.05) is 0 Å². The molecule has 0 amide bonds. The van der Waals surface area contributed by atoms with Gasteiger partial charge in [-0.25, -0.2) is 0 Å². The van der Waals surface area contributed by atoms with Gasteiger partial charge >= 0.3 is 0 Å². The molecule has 0 aliphatic heterocycles. The maximum absolute atomic E-state index is 9.88. The molecule has 15 heavy (non-hydrogen) atoms. The number of rotatable bonds is 3. The van der Waals surface area contributed by atoms with E-state index in [1.165, 1.54) is 38.5 Å². The molecule has 2 atom stereocenters. The molecule has 0 aromatic rings. The van der Waals surface area contributed by atoms with Crippen LogP contribution in [0.3, 0.4) is 0 Å². The van der Waals surface area contributed by atoms with Crippen LogP contribution in [0.1, 0.15) is 57.8 Å². The van der Waals surface area contributed by atoms with Crippen LogP contribution in [0.15, 0.2) is 0 Å². The molecular weight excluding hydrogens is 190 g/mol. The van der Waals surface area contributed by atoms with E-state index in [4.69, 9.17) is 4.84 Å². The predicted molar refractivity (Wildman–Crippen MR) is 59.4 cm³/mol. The zero-order valence-electron chi connectivity index (χ0n) is 9.45. The third-order valence-electron chi connectivity index (χ3n) is 3.67. The van der Waals surface area contributed by atoms with Gasteiger partial charge in [0.25, 0.3) is 0 Å². The highest BCUT2D eigenvalue weighted by Gasteiger charge is 2.23. The van der Waals surface area contributed by atoms with Crippen molar-refractivity contribution < 1.29 is 9.94 Å². The number of hydroxylamine groups is 1. The van der Waals surface area contributed by atoms with Crippen molar-refractivity contribution in [3.05, 3.63) is 0 Å². The molecule has 3 nitrogen and oxygen atoms in total. The lowest BCUT2D eigenvalue weighted by Crippen LogP contribution is -2.40. The molecule has 0 bridgehead atoms. The molecule has 0 heterocycles. The predicted octanol–water partition coefficient (Wildman–Crippen LogP) is 2.14. The Labute approximate surface area is 92.2 Å². The Balaban J connectivity index is 1.71. The lowest BCUT2D eigenvalue weighted by molar-refractivity contribution is -0.0661. The molecule has 2 fully saturated rings. The highest BCUT2D eigenvalue weighted by molar-refractivity contribution is 4.77. The Bertz CT molecular complexity index is 180. The fraction of sp³-hybridized carbons (Fsp3) is 1.00. The Morgan fingerprint density at radius 3 is 2.33 bits per heavy atom. The van der Waals surface area contributed by atoms with Crippen LogP contribution in [0.4, 0.5) is 0 Å². The van der Waals surface area contributed by atoms with Crippen molar-refractivity contribution in [3.8, 4) is 0 Å². The minimum atomic E-state index is -0.214. The minimum Gasteiger partial charge on any atom is -0.391 e. The van der Waals surface area contributed by atoms with Gasteiger partial charge in [-0.15, -0.1) is 0 Å². The third-order valence-corrected chi connectivity index (χ3v) is 3.67. The molecule has 0 aromatic heterocycles. The number of aliphatic hydroxyl groups excluding tert-OH is 1. The molecule has 0 aromatic carbocycles. The summed E-state index contributed by atoms with van der Waals surface area (Å²) in [5, 5.41) is 9.88. The van der Waals surface area contributed by atoms with Crippen molar-refractivity contribution in [3.63, 3.8) is 0 Å². The fourth-order valence-electron chi connectivity index (χ4n) is 2.62. The van der Waals surface area contributed by atoms with Gasteiger partial charge in [0.15, 0.2) is 0 Å². The van der Waals surface area contributed by atoms with E-state index in [1.54, 1.807) is 0 Å². The second-order valence-corrected chi connectivity index (χ2v) is 4.95. The average molecular weight is 213 g/mol. The molecule has 88 valence electrons. The van der Waals surface area contributed by atoms with Gasteiger partial charge in [0.2, 0.25) is 0 Å². The molecule has 2 rings (SSSR count). The average Bonchev–Trinajstić information content (AvgIpc) is 2.67. The molecule has 0 saturated heterocycles. The van der Waals surface area contributed by atoms with Crippen LogP contribution in [0.25, 0.3) is 0 Å². The first-order valence-corrected chi connectivity index (χ1v) is 6.45. The summed E-state index contributed by atoms with van der Waals surface area (Å²) in [7, 11) is 0. The molecular formula is C12H23NO2. The van der Waals surface area contributed by atoms with Gasteiger partial charge in [0, 0.05) is 0 Å². The smallest absolute Gasteiger partial charge is 0.0790 e. The maximum atomic E-state index is 9.88. The molecule has 2 aliphatic carbocycles. The van der Waals surface area contributed by atoms with Crippen molar-refractivity contribution in [1.82, 2.24) is 5.48 Å². The molecule has 2 aliphatic rings. The Morgan fingerprint density at radius 1 is 0.867 bits per heavy atom. The van der Waals surface area contributed by atoms with Crippen LogP contribution < -0.4 is 5.48 Å². The van der Waals surface area contributed by atoms with Crippen LogP contribution in [0.2, 0.25) is 0 Å². The Morgan fingerprint density at radius 2 is 1.53 bits per heavy atom. The summed E-state index contributed by atoms with van der Waals surface area (Å²) >= 11 is 0. The van der Waals surface area contributed by atoms with E-state index >= 15 is 0 Å². The zero-order chi connectivity index (χ0) is 10.5. The van der Waals surface area contributed by atoms with E-state index in [0.717, 1.165) is 19.3 Å². The first kappa shape index (κ1) is 11.4.